The number of carbonyl (C=O) groups is 1. The molecule has 1 aliphatic rings. The van der Waals surface area contributed by atoms with Gasteiger partial charge < -0.3 is 9.47 Å². The highest BCUT2D eigenvalue weighted by atomic mass is 79.9. The SMILES string of the molecule is COc1ccc(C(=O)CC2(OC)CCC2)cc1Br. The van der Waals surface area contributed by atoms with E-state index >= 15 is 0 Å². The van der Waals surface area contributed by atoms with Crippen LogP contribution in [-0.2, 0) is 4.74 Å². The van der Waals surface area contributed by atoms with E-state index in [-0.39, 0.29) is 11.4 Å². The standard InChI is InChI=1S/C14H17BrO3/c1-17-13-5-4-10(8-11(13)15)12(16)9-14(18-2)6-3-7-14/h4-5,8H,3,6-7,9H2,1-2H3. The quantitative estimate of drug-likeness (QED) is 0.779. The van der Waals surface area contributed by atoms with Crippen LogP contribution in [0.4, 0.5) is 0 Å². The van der Waals surface area contributed by atoms with E-state index in [9.17, 15) is 4.79 Å². The van der Waals surface area contributed by atoms with E-state index in [1.165, 1.54) is 0 Å². The van der Waals surface area contributed by atoms with Gasteiger partial charge in [-0.05, 0) is 53.4 Å². The van der Waals surface area contributed by atoms with Crippen LogP contribution in [0.5, 0.6) is 5.75 Å². The molecule has 0 amide bonds. The smallest absolute Gasteiger partial charge is 0.165 e. The molecular weight excluding hydrogens is 296 g/mol. The molecule has 1 aromatic rings. The fourth-order valence-corrected chi connectivity index (χ4v) is 2.80. The molecule has 0 unspecified atom stereocenters. The van der Waals surface area contributed by atoms with Gasteiger partial charge in [0, 0.05) is 19.1 Å². The van der Waals surface area contributed by atoms with E-state index in [1.807, 2.05) is 6.07 Å². The van der Waals surface area contributed by atoms with Gasteiger partial charge in [0.25, 0.3) is 0 Å². The number of Topliss-reactive ketones (excluding diaryl/α,β-unsaturated/α-hetero) is 1. The van der Waals surface area contributed by atoms with Gasteiger partial charge in [0.05, 0.1) is 17.2 Å². The zero-order valence-corrected chi connectivity index (χ0v) is 12.2. The van der Waals surface area contributed by atoms with Gasteiger partial charge in [-0.15, -0.1) is 0 Å². The van der Waals surface area contributed by atoms with Crippen LogP contribution in [0.15, 0.2) is 22.7 Å². The van der Waals surface area contributed by atoms with Crippen molar-refractivity contribution in [2.24, 2.45) is 0 Å². The molecule has 1 saturated carbocycles. The summed E-state index contributed by atoms with van der Waals surface area (Å²) in [7, 11) is 3.30. The van der Waals surface area contributed by atoms with Gasteiger partial charge in [0.1, 0.15) is 5.75 Å². The summed E-state index contributed by atoms with van der Waals surface area (Å²) in [6, 6.07) is 5.41. The van der Waals surface area contributed by atoms with E-state index in [0.29, 0.717) is 12.0 Å². The van der Waals surface area contributed by atoms with E-state index in [4.69, 9.17) is 9.47 Å². The third-order valence-electron chi connectivity index (χ3n) is 3.65. The Morgan fingerprint density at radius 1 is 1.39 bits per heavy atom. The molecule has 0 aliphatic heterocycles. The summed E-state index contributed by atoms with van der Waals surface area (Å²) in [4.78, 5) is 12.2. The van der Waals surface area contributed by atoms with Crippen molar-refractivity contribution >= 4 is 21.7 Å². The Labute approximate surface area is 116 Å². The van der Waals surface area contributed by atoms with Crippen LogP contribution in [0.1, 0.15) is 36.0 Å². The number of methoxy groups -OCH3 is 2. The molecule has 1 aromatic carbocycles. The monoisotopic (exact) mass is 312 g/mol. The summed E-state index contributed by atoms with van der Waals surface area (Å²) in [6.45, 7) is 0. The lowest BCUT2D eigenvalue weighted by Gasteiger charge is -2.40. The molecule has 1 aliphatic carbocycles. The van der Waals surface area contributed by atoms with Crippen LogP contribution in [0, 0.1) is 0 Å². The number of halogens is 1. The normalized spacial score (nSPS) is 17.1. The average molecular weight is 313 g/mol. The summed E-state index contributed by atoms with van der Waals surface area (Å²) >= 11 is 3.39. The van der Waals surface area contributed by atoms with Crippen molar-refractivity contribution < 1.29 is 14.3 Å². The predicted molar refractivity (Wildman–Crippen MR) is 73.2 cm³/mol. The van der Waals surface area contributed by atoms with Crippen molar-refractivity contribution in [3.05, 3.63) is 28.2 Å². The highest BCUT2D eigenvalue weighted by molar-refractivity contribution is 9.10. The van der Waals surface area contributed by atoms with E-state index in [0.717, 1.165) is 29.5 Å². The molecule has 0 aromatic heterocycles. The molecule has 0 spiro atoms. The summed E-state index contributed by atoms with van der Waals surface area (Å²) < 4.78 is 11.4. The topological polar surface area (TPSA) is 35.5 Å². The molecule has 98 valence electrons. The molecule has 0 radical (unpaired) electrons. The molecule has 3 nitrogen and oxygen atoms in total. The van der Waals surface area contributed by atoms with Gasteiger partial charge in [-0.3, -0.25) is 4.79 Å². The van der Waals surface area contributed by atoms with Crippen LogP contribution in [0.3, 0.4) is 0 Å². The van der Waals surface area contributed by atoms with E-state index in [1.54, 1.807) is 26.4 Å². The van der Waals surface area contributed by atoms with E-state index < -0.39 is 0 Å². The van der Waals surface area contributed by atoms with Crippen LogP contribution in [-0.4, -0.2) is 25.6 Å². The van der Waals surface area contributed by atoms with Gasteiger partial charge in [-0.1, -0.05) is 0 Å². The average Bonchev–Trinajstić information content (AvgIpc) is 2.33. The number of ketones is 1. The van der Waals surface area contributed by atoms with Crippen molar-refractivity contribution in [3.8, 4) is 5.75 Å². The fourth-order valence-electron chi connectivity index (χ4n) is 2.26. The molecule has 0 bridgehead atoms. The summed E-state index contributed by atoms with van der Waals surface area (Å²) in [6.07, 6.45) is 3.56. The second-order valence-corrected chi connectivity index (χ2v) is 5.54. The molecule has 0 atom stereocenters. The van der Waals surface area contributed by atoms with Crippen molar-refractivity contribution in [2.75, 3.05) is 14.2 Å². The summed E-state index contributed by atoms with van der Waals surface area (Å²) in [5, 5.41) is 0. The molecular formula is C14H17BrO3. The molecule has 18 heavy (non-hydrogen) atoms. The largest absolute Gasteiger partial charge is 0.496 e. The number of hydrogen-bond acceptors (Lipinski definition) is 3. The summed E-state index contributed by atoms with van der Waals surface area (Å²) in [5.41, 5.74) is 0.481. The van der Waals surface area contributed by atoms with Gasteiger partial charge in [0.2, 0.25) is 0 Å². The number of rotatable bonds is 5. The Morgan fingerprint density at radius 3 is 2.56 bits per heavy atom. The first-order valence-electron chi connectivity index (χ1n) is 6.02. The van der Waals surface area contributed by atoms with Gasteiger partial charge in [-0.25, -0.2) is 0 Å². The number of hydrogen-bond donors (Lipinski definition) is 0. The van der Waals surface area contributed by atoms with Crippen molar-refractivity contribution in [3.63, 3.8) is 0 Å². The van der Waals surface area contributed by atoms with Crippen molar-refractivity contribution in [2.45, 2.75) is 31.3 Å². The Balaban J connectivity index is 2.11. The minimum atomic E-state index is -0.219. The van der Waals surface area contributed by atoms with Gasteiger partial charge >= 0.3 is 0 Å². The minimum Gasteiger partial charge on any atom is -0.496 e. The van der Waals surface area contributed by atoms with E-state index in [2.05, 4.69) is 15.9 Å². The summed E-state index contributed by atoms with van der Waals surface area (Å²) in [5.74, 6) is 0.858. The Hall–Kier alpha value is -0.870. The molecule has 0 heterocycles. The fraction of sp³-hybridized carbons (Fsp3) is 0.500. The zero-order chi connectivity index (χ0) is 13.2. The van der Waals surface area contributed by atoms with Gasteiger partial charge in [0.15, 0.2) is 5.78 Å². The number of carbonyl (C=O) groups excluding carboxylic acids is 1. The Kier molecular flexibility index (Phi) is 4.07. The highest BCUT2D eigenvalue weighted by Crippen LogP contribution is 2.39. The zero-order valence-electron chi connectivity index (χ0n) is 10.7. The van der Waals surface area contributed by atoms with Crippen molar-refractivity contribution in [1.29, 1.82) is 0 Å². The lowest BCUT2D eigenvalue weighted by molar-refractivity contribution is -0.0704. The molecule has 2 rings (SSSR count). The predicted octanol–water partition coefficient (Wildman–Crippen LogP) is 3.60. The Bertz CT molecular complexity index is 447. The first-order valence-corrected chi connectivity index (χ1v) is 6.81. The third-order valence-corrected chi connectivity index (χ3v) is 4.27. The molecule has 0 saturated heterocycles. The van der Waals surface area contributed by atoms with Gasteiger partial charge in [-0.2, -0.15) is 0 Å². The Morgan fingerprint density at radius 2 is 2.11 bits per heavy atom. The molecule has 0 N–H and O–H groups in total. The highest BCUT2D eigenvalue weighted by Gasteiger charge is 2.39. The van der Waals surface area contributed by atoms with Crippen LogP contribution in [0.25, 0.3) is 0 Å². The second kappa shape index (κ2) is 5.41. The lowest BCUT2D eigenvalue weighted by atomic mass is 9.76. The molecule has 1 fully saturated rings. The second-order valence-electron chi connectivity index (χ2n) is 4.69. The van der Waals surface area contributed by atoms with Crippen LogP contribution >= 0.6 is 15.9 Å². The lowest BCUT2D eigenvalue weighted by Crippen LogP contribution is -2.41. The first kappa shape index (κ1) is 13.6. The first-order chi connectivity index (χ1) is 8.60. The van der Waals surface area contributed by atoms with Crippen LogP contribution in [0.2, 0.25) is 0 Å². The number of ether oxygens (including phenoxy) is 2. The van der Waals surface area contributed by atoms with Crippen molar-refractivity contribution in [1.82, 2.24) is 0 Å². The van der Waals surface area contributed by atoms with Crippen LogP contribution < -0.4 is 4.74 Å². The molecule has 4 heteroatoms. The number of benzene rings is 1. The maximum atomic E-state index is 12.2. The minimum absolute atomic E-state index is 0.125. The third kappa shape index (κ3) is 2.59. The maximum absolute atomic E-state index is 12.2. The maximum Gasteiger partial charge on any atom is 0.165 e.